The molecule has 0 aliphatic carbocycles. The predicted octanol–water partition coefficient (Wildman–Crippen LogP) is 2.81. The van der Waals surface area contributed by atoms with Crippen molar-refractivity contribution in [3.63, 3.8) is 0 Å². The van der Waals surface area contributed by atoms with E-state index < -0.39 is 17.8 Å². The van der Waals surface area contributed by atoms with Crippen molar-refractivity contribution >= 4 is 0 Å². The van der Waals surface area contributed by atoms with Gasteiger partial charge in [-0.2, -0.15) is 13.2 Å². The van der Waals surface area contributed by atoms with E-state index >= 15 is 0 Å². The van der Waals surface area contributed by atoms with Crippen LogP contribution in [0.4, 0.5) is 13.2 Å². The molecule has 128 valence electrons. The molecular weight excluding hydrogens is 305 g/mol. The van der Waals surface area contributed by atoms with Crippen LogP contribution in [0.2, 0.25) is 0 Å². The highest BCUT2D eigenvalue weighted by molar-refractivity contribution is 5.33. The molecule has 2 aliphatic heterocycles. The van der Waals surface area contributed by atoms with Crippen LogP contribution < -0.4 is 5.32 Å². The Morgan fingerprint density at radius 3 is 2.57 bits per heavy atom. The molecule has 0 radical (unpaired) electrons. The molecule has 2 atom stereocenters. The maximum absolute atomic E-state index is 13.3. The fraction of sp³-hybridized carbons (Fsp3) is 0.647. The summed E-state index contributed by atoms with van der Waals surface area (Å²) in [6.07, 6.45) is -2.45. The zero-order valence-corrected chi connectivity index (χ0v) is 13.0. The Hall–Kier alpha value is -1.11. The highest BCUT2D eigenvalue weighted by atomic mass is 19.4. The van der Waals surface area contributed by atoms with E-state index in [1.807, 2.05) is 4.90 Å². The number of nitrogens with zero attached hydrogens (tertiary/aromatic N) is 1. The van der Waals surface area contributed by atoms with Crippen molar-refractivity contribution in [2.45, 2.75) is 37.6 Å². The summed E-state index contributed by atoms with van der Waals surface area (Å²) in [6, 6.07) is 5.42. The van der Waals surface area contributed by atoms with Crippen molar-refractivity contribution < 1.29 is 18.3 Å². The van der Waals surface area contributed by atoms with Gasteiger partial charge in [-0.05, 0) is 49.9 Å². The van der Waals surface area contributed by atoms with Gasteiger partial charge in [0.05, 0.1) is 11.7 Å². The topological polar surface area (TPSA) is 35.5 Å². The van der Waals surface area contributed by atoms with Crippen LogP contribution in [0.3, 0.4) is 0 Å². The summed E-state index contributed by atoms with van der Waals surface area (Å²) in [6.45, 7) is 3.14. The highest BCUT2D eigenvalue weighted by Gasteiger charge is 2.40. The van der Waals surface area contributed by atoms with Crippen LogP contribution in [0.25, 0.3) is 0 Å². The number of β-amino-alcohol motifs (C(OH)–C–C–N with tert-alkyl or cyclic N) is 1. The third-order valence-electron chi connectivity index (χ3n) is 4.96. The lowest BCUT2D eigenvalue weighted by Gasteiger charge is -2.32. The Morgan fingerprint density at radius 2 is 1.87 bits per heavy atom. The van der Waals surface area contributed by atoms with Gasteiger partial charge in [-0.1, -0.05) is 18.2 Å². The number of piperidine rings is 1. The Morgan fingerprint density at radius 1 is 1.17 bits per heavy atom. The van der Waals surface area contributed by atoms with Gasteiger partial charge < -0.3 is 10.4 Å². The molecule has 2 fully saturated rings. The normalized spacial score (nSPS) is 27.5. The maximum atomic E-state index is 13.3. The molecule has 1 aromatic rings. The summed E-state index contributed by atoms with van der Waals surface area (Å²) in [7, 11) is 0. The van der Waals surface area contributed by atoms with Crippen LogP contribution in [0.5, 0.6) is 0 Å². The number of likely N-dealkylation sites (tertiary alicyclic amines) is 1. The van der Waals surface area contributed by atoms with E-state index in [1.165, 1.54) is 6.07 Å². The lowest BCUT2D eigenvalue weighted by Crippen LogP contribution is -2.36. The molecule has 2 N–H and O–H groups in total. The summed E-state index contributed by atoms with van der Waals surface area (Å²) < 4.78 is 39.9. The van der Waals surface area contributed by atoms with Crippen LogP contribution >= 0.6 is 0 Å². The fourth-order valence-electron chi connectivity index (χ4n) is 3.85. The molecule has 2 aliphatic rings. The Bertz CT molecular complexity index is 529. The van der Waals surface area contributed by atoms with Gasteiger partial charge in [0.2, 0.25) is 0 Å². The average molecular weight is 328 g/mol. The molecule has 2 unspecified atom stereocenters. The van der Waals surface area contributed by atoms with Crippen LogP contribution in [0.1, 0.15) is 36.4 Å². The molecule has 0 bridgehead atoms. The predicted molar refractivity (Wildman–Crippen MR) is 82.0 cm³/mol. The first kappa shape index (κ1) is 16.7. The van der Waals surface area contributed by atoms with Crippen molar-refractivity contribution in [2.24, 2.45) is 5.92 Å². The Balaban J connectivity index is 1.82. The molecule has 3 nitrogen and oxygen atoms in total. The second-order valence-corrected chi connectivity index (χ2v) is 6.64. The van der Waals surface area contributed by atoms with Crippen molar-refractivity contribution in [1.29, 1.82) is 0 Å². The minimum atomic E-state index is -4.36. The van der Waals surface area contributed by atoms with Crippen LogP contribution in [-0.4, -0.2) is 42.3 Å². The smallest absolute Gasteiger partial charge is 0.392 e. The molecule has 0 spiro atoms. The van der Waals surface area contributed by atoms with Crippen LogP contribution in [-0.2, 0) is 6.18 Å². The van der Waals surface area contributed by atoms with Gasteiger partial charge in [0.15, 0.2) is 0 Å². The molecule has 23 heavy (non-hydrogen) atoms. The molecule has 0 aromatic heterocycles. The first-order chi connectivity index (χ1) is 10.9. The second-order valence-electron chi connectivity index (χ2n) is 6.64. The minimum absolute atomic E-state index is 0.297. The first-order valence-corrected chi connectivity index (χ1v) is 8.24. The van der Waals surface area contributed by atoms with Gasteiger partial charge in [0.1, 0.15) is 0 Å². The Kier molecular flexibility index (Phi) is 4.94. The van der Waals surface area contributed by atoms with Gasteiger partial charge in [-0.3, -0.25) is 4.90 Å². The second kappa shape index (κ2) is 6.79. The molecule has 6 heteroatoms. The number of nitrogens with one attached hydrogen (secondary N) is 1. The summed E-state index contributed by atoms with van der Waals surface area (Å²) in [5.74, 6) is 0.488. The monoisotopic (exact) mass is 328 g/mol. The van der Waals surface area contributed by atoms with E-state index in [9.17, 15) is 18.3 Å². The van der Waals surface area contributed by atoms with E-state index in [4.69, 9.17) is 0 Å². The van der Waals surface area contributed by atoms with Gasteiger partial charge in [-0.15, -0.1) is 0 Å². The number of alkyl halides is 3. The van der Waals surface area contributed by atoms with Gasteiger partial charge in [-0.25, -0.2) is 0 Å². The molecular formula is C17H23F3N2O. The van der Waals surface area contributed by atoms with E-state index in [0.29, 0.717) is 24.4 Å². The van der Waals surface area contributed by atoms with Gasteiger partial charge in [0.25, 0.3) is 0 Å². The first-order valence-electron chi connectivity index (χ1n) is 8.24. The third kappa shape index (κ3) is 3.87. The van der Waals surface area contributed by atoms with E-state index in [0.717, 1.165) is 38.5 Å². The van der Waals surface area contributed by atoms with Crippen molar-refractivity contribution in [3.05, 3.63) is 35.4 Å². The van der Waals surface area contributed by atoms with E-state index in [-0.39, 0.29) is 6.04 Å². The van der Waals surface area contributed by atoms with Crippen LogP contribution in [0.15, 0.2) is 24.3 Å². The number of aliphatic hydroxyl groups excluding tert-OH is 1. The number of aliphatic hydroxyl groups is 1. The van der Waals surface area contributed by atoms with Crippen molar-refractivity contribution in [2.75, 3.05) is 26.2 Å². The summed E-state index contributed by atoms with van der Waals surface area (Å²) in [5.41, 5.74) is -0.278. The quantitative estimate of drug-likeness (QED) is 0.896. The molecule has 2 heterocycles. The van der Waals surface area contributed by atoms with Crippen molar-refractivity contribution in [1.82, 2.24) is 10.2 Å². The Labute approximate surface area is 134 Å². The van der Waals surface area contributed by atoms with Crippen LogP contribution in [0, 0.1) is 5.92 Å². The lowest BCUT2D eigenvalue weighted by molar-refractivity contribution is -0.138. The molecule has 0 saturated carbocycles. The summed E-state index contributed by atoms with van der Waals surface area (Å²) >= 11 is 0. The third-order valence-corrected chi connectivity index (χ3v) is 4.96. The van der Waals surface area contributed by atoms with Gasteiger partial charge in [0, 0.05) is 19.1 Å². The highest BCUT2D eigenvalue weighted by Crippen LogP contribution is 2.40. The molecule has 1 aromatic carbocycles. The zero-order valence-electron chi connectivity index (χ0n) is 13.0. The number of hydrogen-bond acceptors (Lipinski definition) is 3. The molecule has 0 amide bonds. The van der Waals surface area contributed by atoms with Gasteiger partial charge >= 0.3 is 6.18 Å². The zero-order chi connectivity index (χ0) is 16.4. The van der Waals surface area contributed by atoms with E-state index in [1.54, 1.807) is 12.1 Å². The molecule has 3 rings (SSSR count). The number of benzene rings is 1. The minimum Gasteiger partial charge on any atom is -0.392 e. The number of rotatable bonds is 3. The maximum Gasteiger partial charge on any atom is 0.416 e. The fourth-order valence-corrected chi connectivity index (χ4v) is 3.85. The summed E-state index contributed by atoms with van der Waals surface area (Å²) in [5, 5.41) is 13.3. The lowest BCUT2D eigenvalue weighted by atomic mass is 9.94. The standard InChI is InChI=1S/C17H23F3N2O/c18-17(19,20)15-4-2-1-3-14(15)16-9-13(23)11-22(16)10-12-5-7-21-8-6-12/h1-4,12-13,16,21,23H,5-11H2. The number of halogens is 3. The largest absolute Gasteiger partial charge is 0.416 e. The van der Waals surface area contributed by atoms with E-state index in [2.05, 4.69) is 5.32 Å². The number of hydrogen-bond donors (Lipinski definition) is 2. The summed E-state index contributed by atoms with van der Waals surface area (Å²) in [4.78, 5) is 2.05. The SMILES string of the molecule is OC1CC(c2ccccc2C(F)(F)F)N(CC2CCNCC2)C1. The molecule has 2 saturated heterocycles. The van der Waals surface area contributed by atoms with Crippen molar-refractivity contribution in [3.8, 4) is 0 Å². The average Bonchev–Trinajstić information content (AvgIpc) is 2.88.